The first-order chi connectivity index (χ1) is 12.1. The monoisotopic (exact) mass is 342 g/mol. The average Bonchev–Trinajstić information content (AvgIpc) is 2.97. The van der Waals surface area contributed by atoms with Gasteiger partial charge in [-0.3, -0.25) is 5.10 Å². The van der Waals surface area contributed by atoms with Gasteiger partial charge in [0.1, 0.15) is 5.82 Å². The molecule has 0 aliphatic carbocycles. The normalized spacial score (nSPS) is 14.6. The molecular formula is C18H26N6O. The molecule has 3 heterocycles. The summed E-state index contributed by atoms with van der Waals surface area (Å²) in [6, 6.07) is 5.95. The number of nitrogens with one attached hydrogen (secondary N) is 2. The summed E-state index contributed by atoms with van der Waals surface area (Å²) in [6.07, 6.45) is 3.65. The Morgan fingerprint density at radius 1 is 1.24 bits per heavy atom. The van der Waals surface area contributed by atoms with E-state index < -0.39 is 0 Å². The van der Waals surface area contributed by atoms with Crippen molar-refractivity contribution in [3.63, 3.8) is 0 Å². The molecule has 0 unspecified atom stereocenters. The summed E-state index contributed by atoms with van der Waals surface area (Å²) in [4.78, 5) is 20.8. The molecule has 7 heteroatoms. The Bertz CT molecular complexity index is 671. The fourth-order valence-corrected chi connectivity index (χ4v) is 3.19. The van der Waals surface area contributed by atoms with E-state index in [0.717, 1.165) is 56.2 Å². The van der Waals surface area contributed by atoms with Crippen LogP contribution in [-0.2, 0) is 6.42 Å². The highest BCUT2D eigenvalue weighted by Gasteiger charge is 2.21. The van der Waals surface area contributed by atoms with Gasteiger partial charge in [0.05, 0.1) is 5.69 Å². The number of anilines is 1. The molecule has 25 heavy (non-hydrogen) atoms. The first-order valence-corrected chi connectivity index (χ1v) is 8.84. The Hall–Kier alpha value is -2.57. The number of aromatic nitrogens is 3. The van der Waals surface area contributed by atoms with Crippen molar-refractivity contribution in [2.24, 2.45) is 0 Å². The SMILES string of the molecule is Cc1n[nH]c(C)c1CCCNC(=O)N1CCN(c2ccccn2)CC1. The summed E-state index contributed by atoms with van der Waals surface area (Å²) < 4.78 is 0. The minimum absolute atomic E-state index is 0.0290. The van der Waals surface area contributed by atoms with Gasteiger partial charge < -0.3 is 15.1 Å². The van der Waals surface area contributed by atoms with Gasteiger partial charge in [0.2, 0.25) is 0 Å². The van der Waals surface area contributed by atoms with Crippen LogP contribution in [0.1, 0.15) is 23.4 Å². The molecular weight excluding hydrogens is 316 g/mol. The summed E-state index contributed by atoms with van der Waals surface area (Å²) in [7, 11) is 0. The number of urea groups is 1. The van der Waals surface area contributed by atoms with Crippen molar-refractivity contribution in [1.82, 2.24) is 25.4 Å². The number of carbonyl (C=O) groups is 1. The van der Waals surface area contributed by atoms with Gasteiger partial charge in [0, 0.05) is 44.6 Å². The summed E-state index contributed by atoms with van der Waals surface area (Å²) >= 11 is 0. The van der Waals surface area contributed by atoms with Crippen molar-refractivity contribution in [3.05, 3.63) is 41.3 Å². The van der Waals surface area contributed by atoms with Crippen LogP contribution < -0.4 is 10.2 Å². The van der Waals surface area contributed by atoms with E-state index in [1.54, 1.807) is 6.20 Å². The van der Waals surface area contributed by atoms with E-state index in [4.69, 9.17) is 0 Å². The molecule has 134 valence electrons. The lowest BCUT2D eigenvalue weighted by molar-refractivity contribution is 0.194. The standard InChI is InChI=1S/C18H26N6O/c1-14-16(15(2)22-21-14)6-5-9-20-18(25)24-12-10-23(11-13-24)17-7-3-4-8-19-17/h3-4,7-8H,5-6,9-13H2,1-2H3,(H,20,25)(H,21,22). The minimum Gasteiger partial charge on any atom is -0.353 e. The number of aryl methyl sites for hydroxylation is 2. The zero-order valence-corrected chi connectivity index (χ0v) is 15.0. The molecule has 0 saturated carbocycles. The number of nitrogens with zero attached hydrogens (tertiary/aromatic N) is 4. The van der Waals surface area contributed by atoms with E-state index in [9.17, 15) is 4.79 Å². The lowest BCUT2D eigenvalue weighted by Crippen LogP contribution is -2.52. The number of H-pyrrole nitrogens is 1. The molecule has 1 saturated heterocycles. The van der Waals surface area contributed by atoms with Gasteiger partial charge in [-0.2, -0.15) is 5.10 Å². The van der Waals surface area contributed by atoms with Gasteiger partial charge in [-0.25, -0.2) is 9.78 Å². The predicted octanol–water partition coefficient (Wildman–Crippen LogP) is 1.89. The fourth-order valence-electron chi connectivity index (χ4n) is 3.19. The van der Waals surface area contributed by atoms with Gasteiger partial charge in [0.25, 0.3) is 0 Å². The first kappa shape index (κ1) is 17.3. The van der Waals surface area contributed by atoms with Crippen molar-refractivity contribution in [3.8, 4) is 0 Å². The van der Waals surface area contributed by atoms with Crippen LogP contribution in [0, 0.1) is 13.8 Å². The minimum atomic E-state index is 0.0290. The Morgan fingerprint density at radius 2 is 2.04 bits per heavy atom. The zero-order valence-electron chi connectivity index (χ0n) is 15.0. The zero-order chi connectivity index (χ0) is 17.6. The largest absolute Gasteiger partial charge is 0.353 e. The molecule has 0 bridgehead atoms. The molecule has 1 fully saturated rings. The van der Waals surface area contributed by atoms with Crippen LogP contribution in [0.4, 0.5) is 10.6 Å². The van der Waals surface area contributed by atoms with Crippen molar-refractivity contribution >= 4 is 11.8 Å². The summed E-state index contributed by atoms with van der Waals surface area (Å²) in [5.41, 5.74) is 3.43. The highest BCUT2D eigenvalue weighted by molar-refractivity contribution is 5.74. The summed E-state index contributed by atoms with van der Waals surface area (Å²) in [5.74, 6) is 0.980. The molecule has 0 radical (unpaired) electrons. The number of rotatable bonds is 5. The average molecular weight is 342 g/mol. The van der Waals surface area contributed by atoms with E-state index >= 15 is 0 Å². The number of aromatic amines is 1. The van der Waals surface area contributed by atoms with Crippen LogP contribution in [0.5, 0.6) is 0 Å². The topological polar surface area (TPSA) is 77.2 Å². The highest BCUT2D eigenvalue weighted by atomic mass is 16.2. The fraction of sp³-hybridized carbons (Fsp3) is 0.500. The van der Waals surface area contributed by atoms with E-state index in [-0.39, 0.29) is 6.03 Å². The molecule has 2 amide bonds. The quantitative estimate of drug-likeness (QED) is 0.814. The van der Waals surface area contributed by atoms with Gasteiger partial charge in [-0.1, -0.05) is 6.07 Å². The number of hydrogen-bond acceptors (Lipinski definition) is 4. The van der Waals surface area contributed by atoms with Crippen LogP contribution in [0.25, 0.3) is 0 Å². The second-order valence-corrected chi connectivity index (χ2v) is 6.41. The number of hydrogen-bond donors (Lipinski definition) is 2. The molecule has 1 aliphatic rings. The van der Waals surface area contributed by atoms with Gasteiger partial charge in [-0.05, 0) is 44.4 Å². The smallest absolute Gasteiger partial charge is 0.317 e. The second-order valence-electron chi connectivity index (χ2n) is 6.41. The third-order valence-corrected chi connectivity index (χ3v) is 4.70. The Labute approximate surface area is 148 Å². The first-order valence-electron chi connectivity index (χ1n) is 8.84. The lowest BCUT2D eigenvalue weighted by Gasteiger charge is -2.35. The van der Waals surface area contributed by atoms with E-state index in [1.165, 1.54) is 5.56 Å². The van der Waals surface area contributed by atoms with Gasteiger partial charge in [-0.15, -0.1) is 0 Å². The maximum atomic E-state index is 12.3. The molecule has 7 nitrogen and oxygen atoms in total. The van der Waals surface area contributed by atoms with Gasteiger partial charge in [0.15, 0.2) is 0 Å². The maximum Gasteiger partial charge on any atom is 0.317 e. The van der Waals surface area contributed by atoms with E-state index in [1.807, 2.05) is 36.9 Å². The maximum absolute atomic E-state index is 12.3. The number of piperazine rings is 1. The van der Waals surface area contributed by atoms with Crippen LogP contribution in [0.3, 0.4) is 0 Å². The molecule has 2 aromatic heterocycles. The van der Waals surface area contributed by atoms with Crippen molar-refractivity contribution in [2.45, 2.75) is 26.7 Å². The van der Waals surface area contributed by atoms with Crippen LogP contribution in [-0.4, -0.2) is 58.8 Å². The van der Waals surface area contributed by atoms with E-state index in [2.05, 4.69) is 25.4 Å². The Balaban J connectivity index is 1.38. The predicted molar refractivity (Wildman–Crippen MR) is 97.8 cm³/mol. The van der Waals surface area contributed by atoms with Crippen molar-refractivity contribution in [2.75, 3.05) is 37.6 Å². The number of carbonyl (C=O) groups excluding carboxylic acids is 1. The van der Waals surface area contributed by atoms with Crippen LogP contribution in [0.2, 0.25) is 0 Å². The molecule has 3 rings (SSSR count). The lowest BCUT2D eigenvalue weighted by atomic mass is 10.1. The van der Waals surface area contributed by atoms with Crippen LogP contribution in [0.15, 0.2) is 24.4 Å². The summed E-state index contributed by atoms with van der Waals surface area (Å²) in [5, 5.41) is 10.2. The molecule has 2 N–H and O–H groups in total. The van der Waals surface area contributed by atoms with E-state index in [0.29, 0.717) is 6.54 Å². The van der Waals surface area contributed by atoms with Crippen molar-refractivity contribution in [1.29, 1.82) is 0 Å². The Morgan fingerprint density at radius 3 is 2.68 bits per heavy atom. The summed E-state index contributed by atoms with van der Waals surface area (Å²) in [6.45, 7) is 7.82. The third-order valence-electron chi connectivity index (χ3n) is 4.70. The second kappa shape index (κ2) is 8.00. The molecule has 0 atom stereocenters. The molecule has 0 spiro atoms. The number of pyridine rings is 1. The Kier molecular flexibility index (Phi) is 5.53. The van der Waals surface area contributed by atoms with Crippen LogP contribution >= 0.6 is 0 Å². The highest BCUT2D eigenvalue weighted by Crippen LogP contribution is 2.13. The van der Waals surface area contributed by atoms with Crippen molar-refractivity contribution < 1.29 is 4.79 Å². The number of amides is 2. The third kappa shape index (κ3) is 4.29. The molecule has 2 aromatic rings. The van der Waals surface area contributed by atoms with Gasteiger partial charge >= 0.3 is 6.03 Å². The molecule has 1 aliphatic heterocycles. The molecule has 0 aromatic carbocycles.